The number of hydrogen-bond acceptors (Lipinski definition) is 6. The van der Waals surface area contributed by atoms with Crippen LogP contribution in [0.3, 0.4) is 0 Å². The highest BCUT2D eigenvalue weighted by Gasteiger charge is 2.20. The summed E-state index contributed by atoms with van der Waals surface area (Å²) in [5.41, 5.74) is 3.74. The Kier molecular flexibility index (Phi) is 3.90. The van der Waals surface area contributed by atoms with Crippen molar-refractivity contribution in [3.63, 3.8) is 0 Å². The summed E-state index contributed by atoms with van der Waals surface area (Å²) in [7, 11) is 1.93. The van der Waals surface area contributed by atoms with Crippen LogP contribution < -0.4 is 5.32 Å². The minimum atomic E-state index is -0.261. The van der Waals surface area contributed by atoms with Crippen LogP contribution in [-0.4, -0.2) is 25.6 Å². The summed E-state index contributed by atoms with van der Waals surface area (Å²) in [5.74, 6) is 1.05. The van der Waals surface area contributed by atoms with Crippen LogP contribution in [0, 0.1) is 6.92 Å². The first-order valence-corrected chi connectivity index (χ1v) is 9.11. The first kappa shape index (κ1) is 17.2. The number of pyridine rings is 1. The van der Waals surface area contributed by atoms with E-state index in [1.54, 1.807) is 31.4 Å². The Hall–Kier alpha value is -3.94. The lowest BCUT2D eigenvalue weighted by Crippen LogP contribution is -2.24. The maximum atomic E-state index is 13.1. The normalized spacial score (nSPS) is 11.4. The van der Waals surface area contributed by atoms with Crippen molar-refractivity contribution in [3.8, 4) is 11.5 Å². The molecule has 0 unspecified atom stereocenters. The molecule has 1 N–H and O–H groups in total. The largest absolute Gasteiger partial charge is 0.463 e. The number of rotatable bonds is 4. The number of carbonyl (C=O) groups is 1. The number of amides is 1. The summed E-state index contributed by atoms with van der Waals surface area (Å²) in [6.45, 7) is 2.07. The molecular weight excluding hydrogens is 370 g/mol. The van der Waals surface area contributed by atoms with Gasteiger partial charge in [0.2, 0.25) is 0 Å². The topological polar surface area (TPSA) is 99.0 Å². The molecule has 144 valence electrons. The van der Waals surface area contributed by atoms with E-state index in [1.165, 1.54) is 0 Å². The number of imidazole rings is 1. The molecule has 0 atom stereocenters. The molecule has 4 heterocycles. The molecule has 0 radical (unpaired) electrons. The van der Waals surface area contributed by atoms with E-state index >= 15 is 0 Å². The molecule has 0 fully saturated rings. The standard InChI is InChI=1S/C21H17N5O3/c1-12-19-13(10-15(17-8-5-9-28-17)24-21(19)29-25-12)20(27)22-11-18-23-14-6-3-4-7-16(14)26(18)2/h3-10H,11H2,1-2H3,(H,22,27). The van der Waals surface area contributed by atoms with E-state index in [-0.39, 0.29) is 12.5 Å². The van der Waals surface area contributed by atoms with Gasteiger partial charge in [0.25, 0.3) is 11.6 Å². The molecule has 8 nitrogen and oxygen atoms in total. The van der Waals surface area contributed by atoms with Crippen LogP contribution in [-0.2, 0) is 13.6 Å². The number of benzene rings is 1. The zero-order valence-corrected chi connectivity index (χ0v) is 15.8. The molecule has 1 amide bonds. The fraction of sp³-hybridized carbons (Fsp3) is 0.143. The Labute approximate surface area is 165 Å². The first-order chi connectivity index (χ1) is 14.1. The fourth-order valence-electron chi connectivity index (χ4n) is 3.43. The minimum absolute atomic E-state index is 0.261. The highest BCUT2D eigenvalue weighted by atomic mass is 16.5. The van der Waals surface area contributed by atoms with Gasteiger partial charge in [0, 0.05) is 7.05 Å². The number of nitrogens with zero attached hydrogens (tertiary/aromatic N) is 4. The molecule has 4 aromatic heterocycles. The van der Waals surface area contributed by atoms with E-state index in [0.29, 0.717) is 33.8 Å². The average Bonchev–Trinajstić information content (AvgIpc) is 3.46. The molecule has 29 heavy (non-hydrogen) atoms. The predicted molar refractivity (Wildman–Crippen MR) is 106 cm³/mol. The van der Waals surface area contributed by atoms with Gasteiger partial charge in [-0.3, -0.25) is 4.79 Å². The highest BCUT2D eigenvalue weighted by Crippen LogP contribution is 2.27. The van der Waals surface area contributed by atoms with Crippen LogP contribution in [0.1, 0.15) is 21.9 Å². The third kappa shape index (κ3) is 2.85. The van der Waals surface area contributed by atoms with Gasteiger partial charge in [-0.25, -0.2) is 9.97 Å². The number of aromatic nitrogens is 4. The Bertz CT molecular complexity index is 1350. The summed E-state index contributed by atoms with van der Waals surface area (Å²) in [5, 5.41) is 7.49. The average molecular weight is 387 g/mol. The molecule has 0 spiro atoms. The fourth-order valence-corrected chi connectivity index (χ4v) is 3.43. The second-order valence-electron chi connectivity index (χ2n) is 6.74. The van der Waals surface area contributed by atoms with Crippen molar-refractivity contribution >= 4 is 28.0 Å². The lowest BCUT2D eigenvalue weighted by atomic mass is 10.1. The maximum absolute atomic E-state index is 13.1. The molecular formula is C21H17N5O3. The lowest BCUT2D eigenvalue weighted by molar-refractivity contribution is 0.0951. The van der Waals surface area contributed by atoms with Crippen molar-refractivity contribution < 1.29 is 13.7 Å². The third-order valence-corrected chi connectivity index (χ3v) is 4.92. The van der Waals surface area contributed by atoms with Gasteiger partial charge in [-0.2, -0.15) is 0 Å². The Morgan fingerprint density at radius 3 is 2.83 bits per heavy atom. The predicted octanol–water partition coefficient (Wildman–Crippen LogP) is 3.61. The lowest BCUT2D eigenvalue weighted by Gasteiger charge is -2.08. The molecule has 1 aromatic carbocycles. The third-order valence-electron chi connectivity index (χ3n) is 4.92. The van der Waals surface area contributed by atoms with Crippen molar-refractivity contribution in [2.24, 2.45) is 7.05 Å². The molecule has 5 aromatic rings. The number of carbonyl (C=O) groups excluding carboxylic acids is 1. The van der Waals surface area contributed by atoms with E-state index in [2.05, 4.69) is 20.4 Å². The Morgan fingerprint density at radius 2 is 2.03 bits per heavy atom. The Morgan fingerprint density at radius 1 is 1.17 bits per heavy atom. The molecule has 0 saturated carbocycles. The monoisotopic (exact) mass is 387 g/mol. The molecule has 0 aliphatic rings. The van der Waals surface area contributed by atoms with E-state index in [1.807, 2.05) is 35.9 Å². The minimum Gasteiger partial charge on any atom is -0.463 e. The second kappa shape index (κ2) is 6.59. The van der Waals surface area contributed by atoms with Gasteiger partial charge < -0.3 is 18.8 Å². The van der Waals surface area contributed by atoms with E-state index in [0.717, 1.165) is 16.9 Å². The number of para-hydroxylation sites is 2. The summed E-state index contributed by atoms with van der Waals surface area (Å²) in [6, 6.07) is 13.1. The first-order valence-electron chi connectivity index (χ1n) is 9.11. The van der Waals surface area contributed by atoms with Gasteiger partial charge in [-0.15, -0.1) is 0 Å². The van der Waals surface area contributed by atoms with Crippen LogP contribution in [0.15, 0.2) is 57.7 Å². The molecule has 0 saturated heterocycles. The second-order valence-corrected chi connectivity index (χ2v) is 6.74. The van der Waals surface area contributed by atoms with Gasteiger partial charge in [0.15, 0.2) is 5.76 Å². The Balaban J connectivity index is 1.50. The van der Waals surface area contributed by atoms with Crippen molar-refractivity contribution in [2.75, 3.05) is 0 Å². The van der Waals surface area contributed by atoms with Gasteiger partial charge >= 0.3 is 0 Å². The molecule has 0 bridgehead atoms. The van der Waals surface area contributed by atoms with Crippen molar-refractivity contribution in [2.45, 2.75) is 13.5 Å². The van der Waals surface area contributed by atoms with Crippen LogP contribution in [0.2, 0.25) is 0 Å². The number of nitrogens with one attached hydrogen (secondary N) is 1. The van der Waals surface area contributed by atoms with Crippen molar-refractivity contribution in [3.05, 3.63) is 65.8 Å². The van der Waals surface area contributed by atoms with Crippen LogP contribution in [0.4, 0.5) is 0 Å². The maximum Gasteiger partial charge on any atom is 0.259 e. The van der Waals surface area contributed by atoms with Gasteiger partial charge in [-0.05, 0) is 37.3 Å². The molecule has 0 aliphatic carbocycles. The molecule has 0 aliphatic heterocycles. The summed E-state index contributed by atoms with van der Waals surface area (Å²) in [6.07, 6.45) is 1.55. The molecule has 5 rings (SSSR count). The summed E-state index contributed by atoms with van der Waals surface area (Å²) < 4.78 is 12.7. The van der Waals surface area contributed by atoms with Crippen molar-refractivity contribution in [1.29, 1.82) is 0 Å². The smallest absolute Gasteiger partial charge is 0.259 e. The highest BCUT2D eigenvalue weighted by molar-refractivity contribution is 6.06. The molecule has 8 heteroatoms. The zero-order valence-electron chi connectivity index (χ0n) is 15.8. The van der Waals surface area contributed by atoms with E-state index < -0.39 is 0 Å². The van der Waals surface area contributed by atoms with E-state index in [9.17, 15) is 4.79 Å². The summed E-state index contributed by atoms with van der Waals surface area (Å²) in [4.78, 5) is 22.1. The van der Waals surface area contributed by atoms with Crippen LogP contribution in [0.25, 0.3) is 33.6 Å². The van der Waals surface area contributed by atoms with Gasteiger partial charge in [0.1, 0.15) is 11.5 Å². The van der Waals surface area contributed by atoms with Crippen LogP contribution in [0.5, 0.6) is 0 Å². The van der Waals surface area contributed by atoms with E-state index in [4.69, 9.17) is 8.94 Å². The quantitative estimate of drug-likeness (QED) is 0.506. The van der Waals surface area contributed by atoms with Crippen LogP contribution >= 0.6 is 0 Å². The van der Waals surface area contributed by atoms with Gasteiger partial charge in [-0.1, -0.05) is 17.3 Å². The number of fused-ring (bicyclic) bond motifs is 2. The number of furan rings is 1. The van der Waals surface area contributed by atoms with Gasteiger partial charge in [0.05, 0.1) is 40.5 Å². The summed E-state index contributed by atoms with van der Waals surface area (Å²) >= 11 is 0. The zero-order chi connectivity index (χ0) is 20.0. The van der Waals surface area contributed by atoms with Crippen molar-refractivity contribution in [1.82, 2.24) is 25.0 Å². The number of aryl methyl sites for hydroxylation is 2. The number of hydrogen-bond donors (Lipinski definition) is 1. The SMILES string of the molecule is Cc1noc2nc(-c3ccco3)cc(C(=O)NCc3nc4ccccc4n3C)c12.